The van der Waals surface area contributed by atoms with Crippen LogP contribution in [-0.4, -0.2) is 10.7 Å². The van der Waals surface area contributed by atoms with Gasteiger partial charge in [0.05, 0.1) is 5.03 Å². The Balaban J connectivity index is 4.58. The van der Waals surface area contributed by atoms with Gasteiger partial charge in [-0.2, -0.15) is 5.26 Å². The fraction of sp³-hybridized carbons (Fsp3) is 0.333. The number of hydrogen-bond acceptors (Lipinski definition) is 4. The normalized spacial score (nSPS) is 11.6. The molecule has 0 aromatic rings. The molecule has 0 bridgehead atoms. The third kappa shape index (κ3) is 3.25. The SMILES string of the molecule is CCS/C(N)=C(\C#N)C(N)=S. The molecular weight excluding hydrogens is 178 g/mol. The summed E-state index contributed by atoms with van der Waals surface area (Å²) in [5.74, 6) is 0.805. The van der Waals surface area contributed by atoms with E-state index >= 15 is 0 Å². The van der Waals surface area contributed by atoms with Crippen molar-refractivity contribution in [3.63, 3.8) is 0 Å². The van der Waals surface area contributed by atoms with E-state index in [0.717, 1.165) is 5.75 Å². The predicted octanol–water partition coefficient (Wildman–Crippen LogP) is 0.719. The lowest BCUT2D eigenvalue weighted by Gasteiger charge is -2.00. The van der Waals surface area contributed by atoms with Crippen molar-refractivity contribution in [2.24, 2.45) is 11.5 Å². The van der Waals surface area contributed by atoms with E-state index in [1.807, 2.05) is 13.0 Å². The number of nitrogens with zero attached hydrogens (tertiary/aromatic N) is 1. The summed E-state index contributed by atoms with van der Waals surface area (Å²) in [5, 5.41) is 8.93. The Kier molecular flexibility index (Phi) is 4.66. The number of hydrogen-bond donors (Lipinski definition) is 2. The van der Waals surface area contributed by atoms with Crippen LogP contribution in [0.15, 0.2) is 10.6 Å². The number of thioether (sulfide) groups is 1. The second kappa shape index (κ2) is 4.99. The summed E-state index contributed by atoms with van der Waals surface area (Å²) in [6.07, 6.45) is 0. The van der Waals surface area contributed by atoms with Crippen LogP contribution < -0.4 is 11.5 Å². The number of thiocarbonyl (C=S) groups is 1. The van der Waals surface area contributed by atoms with Gasteiger partial charge in [0.2, 0.25) is 0 Å². The molecule has 0 amide bonds. The van der Waals surface area contributed by atoms with Crippen molar-refractivity contribution in [3.05, 3.63) is 10.6 Å². The molecule has 11 heavy (non-hydrogen) atoms. The third-order valence-corrected chi connectivity index (χ3v) is 1.91. The van der Waals surface area contributed by atoms with Crippen molar-refractivity contribution < 1.29 is 0 Å². The molecule has 0 fully saturated rings. The van der Waals surface area contributed by atoms with Gasteiger partial charge in [-0.25, -0.2) is 0 Å². The van der Waals surface area contributed by atoms with E-state index in [2.05, 4.69) is 12.2 Å². The molecule has 0 saturated carbocycles. The Labute approximate surface area is 75.4 Å². The second-order valence-electron chi connectivity index (χ2n) is 1.65. The van der Waals surface area contributed by atoms with Gasteiger partial charge >= 0.3 is 0 Å². The zero-order valence-electron chi connectivity index (χ0n) is 6.13. The lowest BCUT2D eigenvalue weighted by molar-refractivity contribution is 1.44. The fourth-order valence-corrected chi connectivity index (χ4v) is 1.29. The Bertz CT molecular complexity index is 226. The van der Waals surface area contributed by atoms with Crippen molar-refractivity contribution in [2.75, 3.05) is 5.75 Å². The van der Waals surface area contributed by atoms with Crippen molar-refractivity contribution >= 4 is 29.0 Å². The molecule has 5 heteroatoms. The van der Waals surface area contributed by atoms with Gasteiger partial charge in [0.25, 0.3) is 0 Å². The lowest BCUT2D eigenvalue weighted by Crippen LogP contribution is -2.14. The van der Waals surface area contributed by atoms with Crippen molar-refractivity contribution in [2.45, 2.75) is 6.92 Å². The molecule has 0 atom stereocenters. The number of nitrogens with two attached hydrogens (primary N) is 2. The molecule has 0 aromatic carbocycles. The highest BCUT2D eigenvalue weighted by molar-refractivity contribution is 8.03. The van der Waals surface area contributed by atoms with Crippen LogP contribution >= 0.6 is 24.0 Å². The van der Waals surface area contributed by atoms with Crippen LogP contribution in [0, 0.1) is 11.3 Å². The number of nitriles is 1. The van der Waals surface area contributed by atoms with Gasteiger partial charge in [-0.15, -0.1) is 11.8 Å². The average Bonchev–Trinajstić information content (AvgIpc) is 1.88. The Morgan fingerprint density at radius 2 is 2.18 bits per heavy atom. The topological polar surface area (TPSA) is 75.8 Å². The minimum absolute atomic E-state index is 0.0611. The minimum atomic E-state index is 0.0611. The standard InChI is InChI=1S/C6H9N3S2/c1-2-11-6(9)4(3-7)5(8)10/h2,9H2,1H3,(H2,8,10)/b6-4+. The molecule has 0 rings (SSSR count). The molecule has 0 aromatic heterocycles. The summed E-state index contributed by atoms with van der Waals surface area (Å²) in [5.41, 5.74) is 10.9. The quantitative estimate of drug-likeness (QED) is 0.387. The summed E-state index contributed by atoms with van der Waals surface area (Å²) >= 11 is 5.97. The monoisotopic (exact) mass is 187 g/mol. The first-order valence-electron chi connectivity index (χ1n) is 2.95. The first-order valence-corrected chi connectivity index (χ1v) is 4.35. The maximum Gasteiger partial charge on any atom is 0.117 e. The maximum atomic E-state index is 8.52. The molecule has 0 saturated heterocycles. The summed E-state index contributed by atoms with van der Waals surface area (Å²) < 4.78 is 0. The summed E-state index contributed by atoms with van der Waals surface area (Å²) in [6.45, 7) is 1.94. The van der Waals surface area contributed by atoms with Crippen LogP contribution in [0.1, 0.15) is 6.92 Å². The van der Waals surface area contributed by atoms with Crippen LogP contribution in [0.25, 0.3) is 0 Å². The summed E-state index contributed by atoms with van der Waals surface area (Å²) in [7, 11) is 0. The zero-order valence-corrected chi connectivity index (χ0v) is 7.76. The van der Waals surface area contributed by atoms with Crippen LogP contribution in [0.2, 0.25) is 0 Å². The van der Waals surface area contributed by atoms with Gasteiger partial charge in [-0.1, -0.05) is 19.1 Å². The van der Waals surface area contributed by atoms with Crippen LogP contribution in [0.3, 0.4) is 0 Å². The molecular formula is C6H9N3S2. The Morgan fingerprint density at radius 1 is 1.64 bits per heavy atom. The van der Waals surface area contributed by atoms with E-state index in [-0.39, 0.29) is 10.6 Å². The molecule has 0 radical (unpaired) electrons. The molecule has 0 unspecified atom stereocenters. The molecule has 0 heterocycles. The lowest BCUT2D eigenvalue weighted by atomic mass is 10.3. The first-order chi connectivity index (χ1) is 5.13. The fourth-order valence-electron chi connectivity index (χ4n) is 0.459. The van der Waals surface area contributed by atoms with E-state index in [1.54, 1.807) is 0 Å². The number of rotatable bonds is 3. The van der Waals surface area contributed by atoms with Crippen LogP contribution in [0.5, 0.6) is 0 Å². The highest BCUT2D eigenvalue weighted by Crippen LogP contribution is 2.13. The van der Waals surface area contributed by atoms with E-state index in [4.69, 9.17) is 16.7 Å². The van der Waals surface area contributed by atoms with Crippen molar-refractivity contribution in [3.8, 4) is 6.07 Å². The molecule has 3 nitrogen and oxygen atoms in total. The van der Waals surface area contributed by atoms with Gasteiger partial charge in [0.1, 0.15) is 16.6 Å². The smallest absolute Gasteiger partial charge is 0.117 e. The first kappa shape index (κ1) is 10.3. The van der Waals surface area contributed by atoms with E-state index in [0.29, 0.717) is 5.03 Å². The molecule has 0 aliphatic rings. The predicted molar refractivity (Wildman–Crippen MR) is 51.7 cm³/mol. The van der Waals surface area contributed by atoms with Gasteiger partial charge in [-0.05, 0) is 5.75 Å². The largest absolute Gasteiger partial charge is 0.392 e. The molecule has 4 N–H and O–H groups in total. The van der Waals surface area contributed by atoms with Crippen molar-refractivity contribution in [1.82, 2.24) is 0 Å². The van der Waals surface area contributed by atoms with E-state index in [9.17, 15) is 0 Å². The second-order valence-corrected chi connectivity index (χ2v) is 3.39. The summed E-state index contributed by atoms with van der Waals surface area (Å²) in [6, 6.07) is 1.85. The Hall–Kier alpha value is -0.730. The zero-order chi connectivity index (χ0) is 8.85. The van der Waals surface area contributed by atoms with E-state index in [1.165, 1.54) is 11.8 Å². The highest BCUT2D eigenvalue weighted by Gasteiger charge is 2.04. The van der Waals surface area contributed by atoms with Crippen molar-refractivity contribution in [1.29, 1.82) is 5.26 Å². The van der Waals surface area contributed by atoms with Gasteiger partial charge < -0.3 is 11.5 Å². The molecule has 0 aliphatic heterocycles. The minimum Gasteiger partial charge on any atom is -0.392 e. The Morgan fingerprint density at radius 3 is 2.45 bits per heavy atom. The third-order valence-electron chi connectivity index (χ3n) is 0.904. The molecule has 0 spiro atoms. The molecule has 60 valence electrons. The van der Waals surface area contributed by atoms with Gasteiger partial charge in [0, 0.05) is 0 Å². The summed E-state index contributed by atoms with van der Waals surface area (Å²) in [4.78, 5) is 0.0611. The van der Waals surface area contributed by atoms with Crippen LogP contribution in [-0.2, 0) is 0 Å². The highest BCUT2D eigenvalue weighted by atomic mass is 32.2. The molecule has 0 aliphatic carbocycles. The van der Waals surface area contributed by atoms with E-state index < -0.39 is 0 Å². The average molecular weight is 187 g/mol. The maximum absolute atomic E-state index is 8.52. The van der Waals surface area contributed by atoms with Crippen LogP contribution in [0.4, 0.5) is 0 Å². The van der Waals surface area contributed by atoms with Gasteiger partial charge in [-0.3, -0.25) is 0 Å². The van der Waals surface area contributed by atoms with Gasteiger partial charge in [0.15, 0.2) is 0 Å².